The lowest BCUT2D eigenvalue weighted by Gasteiger charge is -2.21. The molecule has 2 aromatic rings. The Bertz CT molecular complexity index is 819. The van der Waals surface area contributed by atoms with Crippen LogP contribution < -0.4 is 5.32 Å². The summed E-state index contributed by atoms with van der Waals surface area (Å²) in [5, 5.41) is 4.50. The molecule has 130 valence electrons. The van der Waals surface area contributed by atoms with Crippen molar-refractivity contribution in [2.24, 2.45) is 4.99 Å². The molecule has 3 rings (SSSR count). The zero-order valence-corrected chi connectivity index (χ0v) is 14.9. The fourth-order valence-corrected chi connectivity index (χ4v) is 2.79. The zero-order chi connectivity index (χ0) is 18.0. The number of pyridine rings is 1. The fraction of sp³-hybridized carbons (Fsp3) is 0.316. The monoisotopic (exact) mass is 338 g/mol. The molecular formula is C19H22N4O2. The molecule has 0 saturated heterocycles. The molecule has 1 amide bonds. The third-order valence-electron chi connectivity index (χ3n) is 4.17. The van der Waals surface area contributed by atoms with Gasteiger partial charge in [-0.25, -0.2) is 14.9 Å². The van der Waals surface area contributed by atoms with Crippen LogP contribution in [-0.4, -0.2) is 34.6 Å². The Morgan fingerprint density at radius 3 is 2.76 bits per heavy atom. The van der Waals surface area contributed by atoms with E-state index >= 15 is 0 Å². The van der Waals surface area contributed by atoms with Crippen LogP contribution in [0.3, 0.4) is 0 Å². The molecule has 0 aliphatic carbocycles. The maximum Gasteiger partial charge on any atom is 0.229 e. The van der Waals surface area contributed by atoms with E-state index in [-0.39, 0.29) is 12.3 Å². The number of carbonyl (C=O) groups is 1. The molecule has 2 heterocycles. The molecule has 0 bridgehead atoms. The highest BCUT2D eigenvalue weighted by molar-refractivity contribution is 5.99. The van der Waals surface area contributed by atoms with Crippen LogP contribution in [0.25, 0.3) is 0 Å². The van der Waals surface area contributed by atoms with Gasteiger partial charge < -0.3 is 5.32 Å². The van der Waals surface area contributed by atoms with Crippen LogP contribution in [0, 0.1) is 13.8 Å². The molecule has 6 nitrogen and oxygen atoms in total. The molecule has 0 radical (unpaired) electrons. The van der Waals surface area contributed by atoms with E-state index in [0.717, 1.165) is 16.8 Å². The van der Waals surface area contributed by atoms with Gasteiger partial charge in [0.1, 0.15) is 0 Å². The predicted octanol–water partition coefficient (Wildman–Crippen LogP) is 3.07. The van der Waals surface area contributed by atoms with Crippen molar-refractivity contribution in [2.45, 2.75) is 32.9 Å². The molecule has 1 aliphatic rings. The summed E-state index contributed by atoms with van der Waals surface area (Å²) in [7, 11) is 1.78. The normalized spacial score (nSPS) is 19.7. The second-order valence-corrected chi connectivity index (χ2v) is 6.46. The second kappa shape index (κ2) is 6.64. The number of hydrogen-bond donors (Lipinski definition) is 1. The Balaban J connectivity index is 1.72. The van der Waals surface area contributed by atoms with Crippen molar-refractivity contribution in [3.63, 3.8) is 0 Å². The van der Waals surface area contributed by atoms with Gasteiger partial charge in [0.15, 0.2) is 11.6 Å². The van der Waals surface area contributed by atoms with E-state index in [1.54, 1.807) is 31.4 Å². The molecule has 1 atom stereocenters. The summed E-state index contributed by atoms with van der Waals surface area (Å²) >= 11 is 0. The number of hydrogen-bond acceptors (Lipinski definition) is 5. The number of amides is 1. The molecular weight excluding hydrogens is 316 g/mol. The summed E-state index contributed by atoms with van der Waals surface area (Å²) in [5.41, 5.74) is 3.01. The summed E-state index contributed by atoms with van der Waals surface area (Å²) in [6, 6.07) is 9.60. The van der Waals surface area contributed by atoms with Gasteiger partial charge in [-0.1, -0.05) is 6.07 Å². The number of nitrogens with one attached hydrogen (secondary N) is 1. The van der Waals surface area contributed by atoms with E-state index in [1.165, 1.54) is 5.56 Å². The highest BCUT2D eigenvalue weighted by Crippen LogP contribution is 2.28. The van der Waals surface area contributed by atoms with Crippen LogP contribution >= 0.6 is 0 Å². The lowest BCUT2D eigenvalue weighted by Crippen LogP contribution is -2.32. The summed E-state index contributed by atoms with van der Waals surface area (Å²) in [5.74, 6) is 0.518. The van der Waals surface area contributed by atoms with Gasteiger partial charge in [-0.2, -0.15) is 0 Å². The SMILES string of the molecule is Cc1ccc(NC(=O)CC2(C)N=C(c3cccnc3)N(C)O2)cc1C. The van der Waals surface area contributed by atoms with Crippen LogP contribution in [0.5, 0.6) is 0 Å². The quantitative estimate of drug-likeness (QED) is 0.930. The maximum absolute atomic E-state index is 12.4. The highest BCUT2D eigenvalue weighted by atomic mass is 16.7. The number of aliphatic imine (C=N–C) groups is 1. The van der Waals surface area contributed by atoms with Crippen LogP contribution in [0.1, 0.15) is 30.0 Å². The van der Waals surface area contributed by atoms with Gasteiger partial charge >= 0.3 is 0 Å². The molecule has 1 aromatic heterocycles. The number of anilines is 1. The predicted molar refractivity (Wildman–Crippen MR) is 97.2 cm³/mol. The molecule has 6 heteroatoms. The van der Waals surface area contributed by atoms with Gasteiger partial charge in [0, 0.05) is 30.7 Å². The zero-order valence-electron chi connectivity index (χ0n) is 14.9. The van der Waals surface area contributed by atoms with Crippen molar-refractivity contribution < 1.29 is 9.63 Å². The summed E-state index contributed by atoms with van der Waals surface area (Å²) in [6.07, 6.45) is 3.55. The van der Waals surface area contributed by atoms with Crippen molar-refractivity contribution in [3.05, 3.63) is 59.4 Å². The van der Waals surface area contributed by atoms with E-state index < -0.39 is 5.72 Å². The molecule has 1 aliphatic heterocycles. The largest absolute Gasteiger partial charge is 0.326 e. The Labute approximate surface area is 147 Å². The molecule has 0 fully saturated rings. The van der Waals surface area contributed by atoms with E-state index in [1.807, 2.05) is 44.2 Å². The number of aromatic nitrogens is 1. The first kappa shape index (κ1) is 17.1. The van der Waals surface area contributed by atoms with Crippen LogP contribution in [0.4, 0.5) is 5.69 Å². The van der Waals surface area contributed by atoms with E-state index in [2.05, 4.69) is 15.3 Å². The van der Waals surface area contributed by atoms with Gasteiger partial charge in [-0.3, -0.25) is 9.78 Å². The number of hydroxylamine groups is 2. The maximum atomic E-state index is 12.4. The lowest BCUT2D eigenvalue weighted by molar-refractivity contribution is -0.164. The first-order chi connectivity index (χ1) is 11.9. The molecule has 1 N–H and O–H groups in total. The molecule has 1 unspecified atom stereocenters. The van der Waals surface area contributed by atoms with Crippen molar-refractivity contribution in [3.8, 4) is 0 Å². The molecule has 0 saturated carbocycles. The van der Waals surface area contributed by atoms with E-state index in [9.17, 15) is 4.79 Å². The molecule has 1 aromatic carbocycles. The van der Waals surface area contributed by atoms with Crippen LogP contribution in [0.15, 0.2) is 47.7 Å². The first-order valence-electron chi connectivity index (χ1n) is 8.16. The topological polar surface area (TPSA) is 66.8 Å². The van der Waals surface area contributed by atoms with Gasteiger partial charge in [0.2, 0.25) is 5.91 Å². The first-order valence-corrected chi connectivity index (χ1v) is 8.16. The summed E-state index contributed by atoms with van der Waals surface area (Å²) in [6.45, 7) is 5.86. The third kappa shape index (κ3) is 3.85. The fourth-order valence-electron chi connectivity index (χ4n) is 2.79. The minimum atomic E-state index is -0.941. The average Bonchev–Trinajstić information content (AvgIpc) is 2.86. The number of aryl methyl sites for hydroxylation is 2. The van der Waals surface area contributed by atoms with Gasteiger partial charge in [-0.15, -0.1) is 0 Å². The summed E-state index contributed by atoms with van der Waals surface area (Å²) in [4.78, 5) is 26.9. The molecule has 25 heavy (non-hydrogen) atoms. The third-order valence-corrected chi connectivity index (χ3v) is 4.17. The number of amidine groups is 1. The summed E-state index contributed by atoms with van der Waals surface area (Å²) < 4.78 is 0. The molecule has 0 spiro atoms. The number of carbonyl (C=O) groups excluding carboxylic acids is 1. The van der Waals surface area contributed by atoms with E-state index in [4.69, 9.17) is 4.84 Å². The van der Waals surface area contributed by atoms with Crippen molar-refractivity contribution in [1.82, 2.24) is 10.0 Å². The van der Waals surface area contributed by atoms with Gasteiger partial charge in [0.25, 0.3) is 0 Å². The average molecular weight is 338 g/mol. The Morgan fingerprint density at radius 1 is 1.28 bits per heavy atom. The minimum Gasteiger partial charge on any atom is -0.326 e. The van der Waals surface area contributed by atoms with Crippen molar-refractivity contribution in [1.29, 1.82) is 0 Å². The minimum absolute atomic E-state index is 0.119. The van der Waals surface area contributed by atoms with Crippen molar-refractivity contribution >= 4 is 17.4 Å². The Hall–Kier alpha value is -2.73. The number of nitrogens with zero attached hydrogens (tertiary/aromatic N) is 3. The van der Waals surface area contributed by atoms with Crippen LogP contribution in [0.2, 0.25) is 0 Å². The second-order valence-electron chi connectivity index (χ2n) is 6.46. The Kier molecular flexibility index (Phi) is 4.55. The van der Waals surface area contributed by atoms with E-state index in [0.29, 0.717) is 5.84 Å². The lowest BCUT2D eigenvalue weighted by atomic mass is 10.1. The standard InChI is InChI=1S/C19H22N4O2/c1-13-7-8-16(10-14(13)2)21-17(24)11-19(3)22-18(23(4)25-19)15-6-5-9-20-12-15/h5-10,12H,11H2,1-4H3,(H,21,24). The highest BCUT2D eigenvalue weighted by Gasteiger charge is 2.37. The smallest absolute Gasteiger partial charge is 0.229 e. The van der Waals surface area contributed by atoms with Crippen LogP contribution in [-0.2, 0) is 9.63 Å². The number of benzene rings is 1. The number of rotatable bonds is 4. The van der Waals surface area contributed by atoms with Gasteiger partial charge in [-0.05, 0) is 56.2 Å². The van der Waals surface area contributed by atoms with Gasteiger partial charge in [0.05, 0.1) is 6.42 Å². The van der Waals surface area contributed by atoms with Crippen molar-refractivity contribution in [2.75, 3.05) is 12.4 Å². The Morgan fingerprint density at radius 2 is 2.08 bits per heavy atom.